The first kappa shape index (κ1) is 18.4. The van der Waals surface area contributed by atoms with Crippen molar-refractivity contribution in [3.8, 4) is 0 Å². The number of carboxylic acid groups (broad SMARTS) is 1. The fraction of sp³-hybridized carbons (Fsp3) is 0.417. The molecule has 7 nitrogen and oxygen atoms in total. The fourth-order valence-corrected chi connectivity index (χ4v) is 1.35. The summed E-state index contributed by atoms with van der Waals surface area (Å²) in [5.74, 6) is 0.869. The van der Waals surface area contributed by atoms with Gasteiger partial charge in [-0.05, 0) is 6.92 Å². The monoisotopic (exact) mass is 326 g/mol. The summed E-state index contributed by atoms with van der Waals surface area (Å²) in [5, 5.41) is 13.3. The van der Waals surface area contributed by atoms with E-state index in [-0.39, 0.29) is 17.1 Å². The van der Waals surface area contributed by atoms with E-state index in [1.807, 2.05) is 35.6 Å². The van der Waals surface area contributed by atoms with Gasteiger partial charge in [0.25, 0.3) is 0 Å². The average molecular weight is 327 g/mol. The molecule has 0 fully saturated rings. The van der Waals surface area contributed by atoms with E-state index in [0.29, 0.717) is 13.1 Å². The number of rotatable bonds is 4. The predicted molar refractivity (Wildman–Crippen MR) is 67.9 cm³/mol. The number of aryl methyl sites for hydroxylation is 2. The summed E-state index contributed by atoms with van der Waals surface area (Å²) in [6, 6.07) is 0. The van der Waals surface area contributed by atoms with Crippen LogP contribution in [0.4, 0.5) is 0 Å². The second kappa shape index (κ2) is 9.30. The first-order valence-corrected chi connectivity index (χ1v) is 5.74. The van der Waals surface area contributed by atoms with Crippen molar-refractivity contribution in [1.82, 2.24) is 19.1 Å². The molecule has 0 unspecified atom stereocenters. The first-order valence-electron chi connectivity index (χ1n) is 5.74. The van der Waals surface area contributed by atoms with Crippen LogP contribution >= 0.6 is 0 Å². The Morgan fingerprint density at radius 1 is 1.15 bits per heavy atom. The molecule has 0 amide bonds. The molecule has 0 aliphatic heterocycles. The van der Waals surface area contributed by atoms with Gasteiger partial charge in [0.2, 0.25) is 0 Å². The normalized spacial score (nSPS) is 9.35. The second-order valence-corrected chi connectivity index (χ2v) is 3.94. The number of carbonyl (C=O) groups is 1. The Morgan fingerprint density at radius 2 is 1.50 bits per heavy atom. The number of carbonyl (C=O) groups excluding carboxylic acids is 1. The predicted octanol–water partition coefficient (Wildman–Crippen LogP) is -0.0188. The Kier molecular flexibility index (Phi) is 8.54. The summed E-state index contributed by atoms with van der Waals surface area (Å²) in [5.41, 5.74) is 0. The Balaban J connectivity index is 0.000000644. The molecular weight excluding hydrogens is 310 g/mol. The zero-order valence-corrected chi connectivity index (χ0v) is 12.5. The summed E-state index contributed by atoms with van der Waals surface area (Å²) >= 11 is 0. The quantitative estimate of drug-likeness (QED) is 0.738. The summed E-state index contributed by atoms with van der Waals surface area (Å²) in [4.78, 5) is 17.3. The molecule has 0 saturated heterocycles. The molecule has 0 saturated carbocycles. The molecule has 0 atom stereocenters. The Bertz CT molecular complexity index is 479. The van der Waals surface area contributed by atoms with Crippen molar-refractivity contribution in [2.75, 3.05) is 0 Å². The third-order valence-electron chi connectivity index (χ3n) is 2.35. The Labute approximate surface area is 128 Å². The molecule has 0 aliphatic carbocycles. The Morgan fingerprint density at radius 3 is 1.75 bits per heavy atom. The molecule has 2 aromatic heterocycles. The first-order chi connectivity index (χ1) is 9.00. The van der Waals surface area contributed by atoms with Crippen molar-refractivity contribution in [3.05, 3.63) is 41.8 Å². The molecule has 0 aromatic carbocycles. The summed E-state index contributed by atoms with van der Waals surface area (Å²) < 4.78 is 3.95. The number of nitrogens with zero attached hydrogens (tertiary/aromatic N) is 5. The minimum atomic E-state index is -1.08. The number of carboxylic acids is 1. The number of imidazole rings is 2. The second-order valence-electron chi connectivity index (χ2n) is 3.94. The van der Waals surface area contributed by atoms with Crippen LogP contribution in [-0.4, -0.2) is 25.1 Å². The zero-order valence-electron chi connectivity index (χ0n) is 11.6. The maximum atomic E-state index is 8.89. The van der Waals surface area contributed by atoms with Crippen LogP contribution in [-0.2, 0) is 49.0 Å². The van der Waals surface area contributed by atoms with Crippen molar-refractivity contribution < 1.29 is 27.0 Å². The van der Waals surface area contributed by atoms with Gasteiger partial charge in [-0.2, -0.15) is 0 Å². The van der Waals surface area contributed by atoms with Crippen LogP contribution in [0.25, 0.3) is 5.32 Å². The molecule has 2 rings (SSSR count). The van der Waals surface area contributed by atoms with Crippen molar-refractivity contribution in [1.29, 1.82) is 0 Å². The summed E-state index contributed by atoms with van der Waals surface area (Å²) in [6.07, 6.45) is 7.41. The third-order valence-corrected chi connectivity index (χ3v) is 2.35. The fourth-order valence-electron chi connectivity index (χ4n) is 1.35. The maximum Gasteiger partial charge on any atom is 2.00 e. The van der Waals surface area contributed by atoms with Crippen molar-refractivity contribution >= 4 is 5.97 Å². The van der Waals surface area contributed by atoms with Gasteiger partial charge in [-0.15, -0.1) is 0 Å². The molecule has 0 spiro atoms. The Hall–Kier alpha value is -1.63. The molecule has 2 aromatic rings. The van der Waals surface area contributed by atoms with Crippen molar-refractivity contribution in [2.24, 2.45) is 14.1 Å². The standard InChI is InChI=1S/C10H14N5.C2H4O2.Cu/c1-14-5-3-12-9(14)7-11-8-10-13-4-6-15(10)2;1-2(3)4;/h3-6H,7-8H2,1-2H3;1H3,(H,3,4);/q-1;;+2/p-1. The van der Waals surface area contributed by atoms with Crippen LogP contribution in [0.1, 0.15) is 18.6 Å². The van der Waals surface area contributed by atoms with Crippen LogP contribution in [0.2, 0.25) is 0 Å². The molecule has 8 heteroatoms. The molecule has 0 N–H and O–H groups in total. The minimum Gasteiger partial charge on any atom is -0.650 e. The SMILES string of the molecule is CC(=O)[O-].Cn1ccnc1C[N-]Cc1nccn1C.[Cu+2]. The van der Waals surface area contributed by atoms with Gasteiger partial charge in [0, 0.05) is 44.9 Å². The van der Waals surface area contributed by atoms with E-state index in [9.17, 15) is 0 Å². The van der Waals surface area contributed by atoms with E-state index in [2.05, 4.69) is 15.3 Å². The smallest absolute Gasteiger partial charge is 0.650 e. The molecule has 20 heavy (non-hydrogen) atoms. The van der Waals surface area contributed by atoms with E-state index >= 15 is 0 Å². The molecule has 1 radical (unpaired) electrons. The van der Waals surface area contributed by atoms with Gasteiger partial charge in [0.15, 0.2) is 0 Å². The van der Waals surface area contributed by atoms with Gasteiger partial charge in [-0.25, -0.2) is 9.97 Å². The van der Waals surface area contributed by atoms with Crippen LogP contribution in [0, 0.1) is 0 Å². The largest absolute Gasteiger partial charge is 2.00 e. The van der Waals surface area contributed by atoms with E-state index in [1.54, 1.807) is 12.4 Å². The molecule has 0 bridgehead atoms. The molecule has 113 valence electrons. The third kappa shape index (κ3) is 6.51. The maximum absolute atomic E-state index is 8.89. The van der Waals surface area contributed by atoms with Crippen molar-refractivity contribution in [3.63, 3.8) is 0 Å². The van der Waals surface area contributed by atoms with Gasteiger partial charge in [0.1, 0.15) is 0 Å². The topological polar surface area (TPSA) is 89.9 Å². The summed E-state index contributed by atoms with van der Waals surface area (Å²) in [6.45, 7) is 2.24. The number of aliphatic carboxylic acids is 1. The van der Waals surface area contributed by atoms with E-state index < -0.39 is 5.97 Å². The number of hydrogen-bond donors (Lipinski definition) is 0. The molecule has 0 aliphatic rings. The van der Waals surface area contributed by atoms with Crippen LogP contribution in [0.3, 0.4) is 0 Å². The number of aromatic nitrogens is 4. The molecular formula is C12H17CuN5O2. The van der Waals surface area contributed by atoms with Crippen molar-refractivity contribution in [2.45, 2.75) is 20.0 Å². The van der Waals surface area contributed by atoms with Gasteiger partial charge >= 0.3 is 17.1 Å². The van der Waals surface area contributed by atoms with Gasteiger partial charge < -0.3 is 24.4 Å². The number of hydrogen-bond acceptors (Lipinski definition) is 4. The molecule has 2 heterocycles. The minimum absolute atomic E-state index is 0. The van der Waals surface area contributed by atoms with Crippen LogP contribution < -0.4 is 5.11 Å². The van der Waals surface area contributed by atoms with Crippen LogP contribution in [0.15, 0.2) is 24.8 Å². The van der Waals surface area contributed by atoms with E-state index in [4.69, 9.17) is 9.90 Å². The van der Waals surface area contributed by atoms with Gasteiger partial charge in [-0.1, -0.05) is 13.1 Å². The zero-order chi connectivity index (χ0) is 14.3. The van der Waals surface area contributed by atoms with E-state index in [0.717, 1.165) is 18.6 Å². The van der Waals surface area contributed by atoms with Gasteiger partial charge in [-0.3, -0.25) is 0 Å². The van der Waals surface area contributed by atoms with E-state index in [1.165, 1.54) is 0 Å². The summed E-state index contributed by atoms with van der Waals surface area (Å²) in [7, 11) is 3.94. The average Bonchev–Trinajstić information content (AvgIpc) is 2.89. The van der Waals surface area contributed by atoms with Gasteiger partial charge in [0.05, 0.1) is 11.6 Å². The van der Waals surface area contributed by atoms with Crippen LogP contribution in [0.5, 0.6) is 0 Å².